The molecule has 0 bridgehead atoms. The predicted octanol–water partition coefficient (Wildman–Crippen LogP) is 3.70. The van der Waals surface area contributed by atoms with Crippen LogP contribution in [-0.2, 0) is 28.9 Å². The van der Waals surface area contributed by atoms with Crippen molar-refractivity contribution in [1.82, 2.24) is 15.2 Å². The number of carbonyl (C=O) groups excluding carboxylic acids is 2. The lowest BCUT2D eigenvalue weighted by atomic mass is 10.1. The molecule has 1 saturated heterocycles. The Labute approximate surface area is 205 Å². The van der Waals surface area contributed by atoms with Crippen molar-refractivity contribution in [2.45, 2.75) is 44.3 Å². The molecule has 36 heavy (non-hydrogen) atoms. The Morgan fingerprint density at radius 1 is 1.14 bits per heavy atom. The van der Waals surface area contributed by atoms with Gasteiger partial charge in [0.2, 0.25) is 5.91 Å². The molecule has 0 aliphatic carbocycles. The van der Waals surface area contributed by atoms with E-state index in [2.05, 4.69) is 10.3 Å². The van der Waals surface area contributed by atoms with Gasteiger partial charge in [-0.05, 0) is 42.2 Å². The molecule has 1 fully saturated rings. The standard InChI is InChI=1S/C19H20ClF3N4O2.C2HF3O2/c20-14-4-3-11(8-24)12(6-14)9-26-17(28)16-2-1-5-27(16)18(29)15-7-13(10-25-15)19(21,22)23;3-2(4,5)1(6)7/h3-4,6-7,10,16,25H,1-2,5,8-9,24H2,(H,26,28);(H,6,7)/t16-;/m0./s1. The fraction of sp³-hybridized carbons (Fsp3) is 0.381. The van der Waals surface area contributed by atoms with Crippen LogP contribution in [0.25, 0.3) is 0 Å². The molecule has 1 aliphatic rings. The lowest BCUT2D eigenvalue weighted by molar-refractivity contribution is -0.192. The molecule has 1 atom stereocenters. The number of H-pyrrole nitrogens is 1. The summed E-state index contributed by atoms with van der Waals surface area (Å²) in [6.07, 6.45) is -7.87. The number of halogens is 7. The minimum absolute atomic E-state index is 0.186. The predicted molar refractivity (Wildman–Crippen MR) is 115 cm³/mol. The van der Waals surface area contributed by atoms with Gasteiger partial charge in [-0.3, -0.25) is 9.59 Å². The van der Waals surface area contributed by atoms with Gasteiger partial charge in [-0.2, -0.15) is 26.3 Å². The third kappa shape index (κ3) is 7.62. The van der Waals surface area contributed by atoms with Gasteiger partial charge in [0.1, 0.15) is 11.7 Å². The van der Waals surface area contributed by atoms with Crippen LogP contribution in [-0.4, -0.2) is 51.5 Å². The second-order valence-corrected chi connectivity index (χ2v) is 8.03. The van der Waals surface area contributed by atoms with Crippen LogP contribution in [0.2, 0.25) is 5.02 Å². The number of aliphatic carboxylic acids is 1. The highest BCUT2D eigenvalue weighted by atomic mass is 35.5. The monoisotopic (exact) mass is 542 g/mol. The van der Waals surface area contributed by atoms with E-state index in [0.717, 1.165) is 23.4 Å². The zero-order valence-electron chi connectivity index (χ0n) is 18.3. The molecule has 2 aromatic rings. The van der Waals surface area contributed by atoms with Crippen LogP contribution >= 0.6 is 11.6 Å². The summed E-state index contributed by atoms with van der Waals surface area (Å²) < 4.78 is 70.0. The fourth-order valence-electron chi connectivity index (χ4n) is 3.38. The number of carboxylic acids is 1. The minimum Gasteiger partial charge on any atom is -0.475 e. The van der Waals surface area contributed by atoms with Gasteiger partial charge in [-0.25, -0.2) is 4.79 Å². The van der Waals surface area contributed by atoms with Crippen molar-refractivity contribution in [3.8, 4) is 0 Å². The molecular formula is C21H21ClF6N4O4. The highest BCUT2D eigenvalue weighted by Crippen LogP contribution is 2.30. The third-order valence-electron chi connectivity index (χ3n) is 5.14. The molecule has 1 aliphatic heterocycles. The first kappa shape index (κ1) is 29.0. The van der Waals surface area contributed by atoms with E-state index in [4.69, 9.17) is 27.2 Å². The highest BCUT2D eigenvalue weighted by Gasteiger charge is 2.38. The first-order valence-corrected chi connectivity index (χ1v) is 10.6. The van der Waals surface area contributed by atoms with Gasteiger partial charge in [0.15, 0.2) is 0 Å². The van der Waals surface area contributed by atoms with Gasteiger partial charge in [0, 0.05) is 30.9 Å². The fourth-order valence-corrected chi connectivity index (χ4v) is 3.57. The number of carboxylic acid groups (broad SMARTS) is 1. The van der Waals surface area contributed by atoms with E-state index >= 15 is 0 Å². The van der Waals surface area contributed by atoms with Gasteiger partial charge < -0.3 is 26.0 Å². The van der Waals surface area contributed by atoms with Crippen molar-refractivity contribution in [3.05, 3.63) is 57.9 Å². The Morgan fingerprint density at radius 3 is 2.31 bits per heavy atom. The van der Waals surface area contributed by atoms with Gasteiger partial charge in [0.25, 0.3) is 5.91 Å². The normalized spacial score (nSPS) is 15.8. The average molecular weight is 543 g/mol. The van der Waals surface area contributed by atoms with Crippen LogP contribution in [0.1, 0.15) is 40.0 Å². The summed E-state index contributed by atoms with van der Waals surface area (Å²) in [7, 11) is 0. The first-order valence-electron chi connectivity index (χ1n) is 10.3. The molecule has 15 heteroatoms. The smallest absolute Gasteiger partial charge is 0.475 e. The van der Waals surface area contributed by atoms with E-state index in [1.54, 1.807) is 18.2 Å². The molecule has 0 saturated carbocycles. The number of hydrogen-bond donors (Lipinski definition) is 4. The van der Waals surface area contributed by atoms with Crippen molar-refractivity contribution >= 4 is 29.4 Å². The first-order chi connectivity index (χ1) is 16.6. The maximum Gasteiger partial charge on any atom is 0.490 e. The van der Waals surface area contributed by atoms with Gasteiger partial charge >= 0.3 is 18.3 Å². The number of rotatable bonds is 5. The number of likely N-dealkylation sites (tertiary alicyclic amines) is 1. The second kappa shape index (κ2) is 11.6. The Kier molecular flexibility index (Phi) is 9.38. The summed E-state index contributed by atoms with van der Waals surface area (Å²) >= 11 is 5.99. The third-order valence-corrected chi connectivity index (χ3v) is 5.38. The van der Waals surface area contributed by atoms with Crippen molar-refractivity contribution < 1.29 is 45.8 Å². The van der Waals surface area contributed by atoms with Crippen LogP contribution in [0.15, 0.2) is 30.5 Å². The molecule has 3 rings (SSSR count). The van der Waals surface area contributed by atoms with Crippen molar-refractivity contribution in [2.75, 3.05) is 6.54 Å². The minimum atomic E-state index is -5.08. The number of hydrogen-bond acceptors (Lipinski definition) is 4. The van der Waals surface area contributed by atoms with Gasteiger partial charge in [0.05, 0.1) is 5.56 Å². The number of aromatic nitrogens is 1. The van der Waals surface area contributed by atoms with E-state index in [1.165, 1.54) is 4.90 Å². The van der Waals surface area contributed by atoms with Crippen molar-refractivity contribution in [3.63, 3.8) is 0 Å². The lowest BCUT2D eigenvalue weighted by Gasteiger charge is -2.23. The molecule has 2 amide bonds. The number of aromatic amines is 1. The lowest BCUT2D eigenvalue weighted by Crippen LogP contribution is -2.45. The van der Waals surface area contributed by atoms with Crippen LogP contribution in [0.5, 0.6) is 0 Å². The Bertz CT molecular complexity index is 1100. The zero-order chi connectivity index (χ0) is 27.3. The number of carbonyl (C=O) groups is 3. The van der Waals surface area contributed by atoms with Crippen LogP contribution < -0.4 is 11.1 Å². The molecule has 1 aromatic heterocycles. The molecule has 8 nitrogen and oxygen atoms in total. The van der Waals surface area contributed by atoms with Crippen molar-refractivity contribution in [1.29, 1.82) is 0 Å². The Hall–Kier alpha value is -3.26. The summed E-state index contributed by atoms with van der Waals surface area (Å²) in [4.78, 5) is 37.8. The summed E-state index contributed by atoms with van der Waals surface area (Å²) in [6.45, 7) is 0.762. The summed E-state index contributed by atoms with van der Waals surface area (Å²) in [6, 6.07) is 5.20. The van der Waals surface area contributed by atoms with E-state index in [9.17, 15) is 35.9 Å². The summed E-state index contributed by atoms with van der Waals surface area (Å²) in [5, 5.41) is 10.4. The molecule has 5 N–H and O–H groups in total. The van der Waals surface area contributed by atoms with Crippen LogP contribution in [0.3, 0.4) is 0 Å². The Balaban J connectivity index is 0.000000572. The number of nitrogens with two attached hydrogens (primary N) is 1. The molecule has 0 unspecified atom stereocenters. The van der Waals surface area contributed by atoms with Gasteiger partial charge in [-0.1, -0.05) is 17.7 Å². The molecular weight excluding hydrogens is 522 g/mol. The number of benzene rings is 1. The quantitative estimate of drug-likeness (QED) is 0.428. The molecule has 198 valence electrons. The van der Waals surface area contributed by atoms with E-state index in [-0.39, 0.29) is 24.7 Å². The second-order valence-electron chi connectivity index (χ2n) is 7.59. The number of nitrogens with one attached hydrogen (secondary N) is 2. The SMILES string of the molecule is NCc1ccc(Cl)cc1CNC(=O)[C@@H]1CCCN1C(=O)c1cc(C(F)(F)F)c[nH]1.O=C(O)C(F)(F)F. The average Bonchev–Trinajstić information content (AvgIpc) is 3.47. The topological polar surface area (TPSA) is 129 Å². The number of amides is 2. The summed E-state index contributed by atoms with van der Waals surface area (Å²) in [5.41, 5.74) is 6.17. The van der Waals surface area contributed by atoms with Crippen molar-refractivity contribution in [2.24, 2.45) is 5.73 Å². The van der Waals surface area contributed by atoms with E-state index < -0.39 is 35.8 Å². The number of alkyl halides is 6. The maximum absolute atomic E-state index is 12.8. The van der Waals surface area contributed by atoms with Crippen LogP contribution in [0.4, 0.5) is 26.3 Å². The molecule has 0 radical (unpaired) electrons. The molecule has 2 heterocycles. The highest BCUT2D eigenvalue weighted by molar-refractivity contribution is 6.30. The van der Waals surface area contributed by atoms with E-state index in [1.807, 2.05) is 0 Å². The molecule has 1 aromatic carbocycles. The van der Waals surface area contributed by atoms with Gasteiger partial charge in [-0.15, -0.1) is 0 Å². The van der Waals surface area contributed by atoms with E-state index in [0.29, 0.717) is 24.4 Å². The van der Waals surface area contributed by atoms with Crippen LogP contribution in [0, 0.1) is 0 Å². The largest absolute Gasteiger partial charge is 0.490 e. The Morgan fingerprint density at radius 2 is 1.78 bits per heavy atom. The zero-order valence-corrected chi connectivity index (χ0v) is 19.1. The molecule has 0 spiro atoms. The summed E-state index contributed by atoms with van der Waals surface area (Å²) in [5.74, 6) is -3.77. The number of nitrogens with zero attached hydrogens (tertiary/aromatic N) is 1. The maximum atomic E-state index is 12.8.